The van der Waals surface area contributed by atoms with Gasteiger partial charge in [-0.3, -0.25) is 14.6 Å². The van der Waals surface area contributed by atoms with Crippen LogP contribution in [0.3, 0.4) is 0 Å². The number of nitrogens with zero attached hydrogens (tertiary/aromatic N) is 3. The zero-order valence-corrected chi connectivity index (χ0v) is 19.0. The number of carbonyl (C=O) groups excluding carboxylic acids is 1. The molecule has 2 heterocycles. The number of aromatic nitrogens is 1. The van der Waals surface area contributed by atoms with Crippen LogP contribution in [0.5, 0.6) is 0 Å². The van der Waals surface area contributed by atoms with E-state index in [1.165, 1.54) is 29.2 Å². The predicted molar refractivity (Wildman–Crippen MR) is 124 cm³/mol. The average molecular weight is 468 g/mol. The van der Waals surface area contributed by atoms with Gasteiger partial charge in [-0.05, 0) is 30.5 Å². The molecule has 9 heteroatoms. The van der Waals surface area contributed by atoms with Gasteiger partial charge in [0.15, 0.2) is 5.13 Å². The highest BCUT2D eigenvalue weighted by Crippen LogP contribution is 2.32. The number of para-hydroxylation sites is 1. The highest BCUT2D eigenvalue weighted by atomic mass is 35.5. The van der Waals surface area contributed by atoms with Crippen molar-refractivity contribution in [3.8, 4) is 0 Å². The Balaban J connectivity index is 0.00000256. The molecule has 1 fully saturated rings. The van der Waals surface area contributed by atoms with Gasteiger partial charge >= 0.3 is 0 Å². The summed E-state index contributed by atoms with van der Waals surface area (Å²) in [6.45, 7) is 4.30. The van der Waals surface area contributed by atoms with Gasteiger partial charge in [-0.1, -0.05) is 29.5 Å². The van der Waals surface area contributed by atoms with Gasteiger partial charge in [0.1, 0.15) is 11.3 Å². The summed E-state index contributed by atoms with van der Waals surface area (Å²) in [6, 6.07) is 12.5. The Hall–Kier alpha value is -1.71. The van der Waals surface area contributed by atoms with Gasteiger partial charge in [-0.2, -0.15) is 0 Å². The van der Waals surface area contributed by atoms with Crippen molar-refractivity contribution in [2.45, 2.75) is 4.90 Å². The number of fused-ring (bicyclic) bond motifs is 1. The summed E-state index contributed by atoms with van der Waals surface area (Å²) < 4.78 is 20.4. The molecule has 0 saturated carbocycles. The minimum absolute atomic E-state index is 0. The van der Waals surface area contributed by atoms with Gasteiger partial charge in [0.2, 0.25) is 0 Å². The van der Waals surface area contributed by atoms with E-state index >= 15 is 0 Å². The van der Waals surface area contributed by atoms with Gasteiger partial charge in [-0.15, -0.1) is 24.2 Å². The molecule has 160 valence electrons. The maximum atomic E-state index is 14.2. The summed E-state index contributed by atoms with van der Waals surface area (Å²) >= 11 is 2.89. The highest BCUT2D eigenvalue weighted by molar-refractivity contribution is 7.98. The summed E-state index contributed by atoms with van der Waals surface area (Å²) in [7, 11) is 0. The van der Waals surface area contributed by atoms with Gasteiger partial charge in [-0.25, -0.2) is 9.37 Å². The Kier molecular flexibility index (Phi) is 8.07. The third-order valence-corrected chi connectivity index (χ3v) is 6.75. The number of benzene rings is 2. The summed E-state index contributed by atoms with van der Waals surface area (Å²) in [4.78, 5) is 22.9. The monoisotopic (exact) mass is 467 g/mol. The number of morpholine rings is 1. The second-order valence-corrected chi connectivity index (χ2v) is 8.55. The molecule has 0 radical (unpaired) electrons. The Morgan fingerprint density at radius 2 is 2.00 bits per heavy atom. The van der Waals surface area contributed by atoms with Crippen molar-refractivity contribution < 1.29 is 13.9 Å². The SMILES string of the molecule is CSc1ccccc1C(=O)N(CCN1CCOCC1)c1nc2c(F)cccc2s1.Cl. The topological polar surface area (TPSA) is 45.7 Å². The van der Waals surface area contributed by atoms with Crippen molar-refractivity contribution >= 4 is 56.8 Å². The first-order chi connectivity index (χ1) is 14.2. The number of amides is 1. The number of hydrogen-bond donors (Lipinski definition) is 0. The van der Waals surface area contributed by atoms with Crippen molar-refractivity contribution in [1.29, 1.82) is 0 Å². The maximum Gasteiger partial charge on any atom is 0.261 e. The lowest BCUT2D eigenvalue weighted by Crippen LogP contribution is -2.43. The molecule has 0 aliphatic carbocycles. The van der Waals surface area contributed by atoms with Crippen LogP contribution < -0.4 is 4.90 Å². The van der Waals surface area contributed by atoms with Crippen LogP contribution >= 0.6 is 35.5 Å². The molecular formula is C21H23ClFN3O2S2. The first-order valence-corrected chi connectivity index (χ1v) is 11.5. The lowest BCUT2D eigenvalue weighted by molar-refractivity contribution is 0.0391. The molecular weight excluding hydrogens is 445 g/mol. The second-order valence-electron chi connectivity index (χ2n) is 6.69. The van der Waals surface area contributed by atoms with Crippen LogP contribution in [0, 0.1) is 5.82 Å². The molecule has 5 nitrogen and oxygen atoms in total. The standard InChI is InChI=1S/C21H22FN3O2S2.ClH/c1-28-17-7-3-2-5-15(17)20(26)25(10-9-24-11-13-27-14-12-24)21-23-19-16(22)6-4-8-18(19)29-21;/h2-8H,9-14H2,1H3;1H. The van der Waals surface area contributed by atoms with E-state index in [-0.39, 0.29) is 24.1 Å². The van der Waals surface area contributed by atoms with Crippen molar-refractivity contribution in [3.63, 3.8) is 0 Å². The molecule has 1 saturated heterocycles. The van der Waals surface area contributed by atoms with Crippen molar-refractivity contribution in [2.75, 3.05) is 50.5 Å². The Morgan fingerprint density at radius 3 is 2.73 bits per heavy atom. The fourth-order valence-electron chi connectivity index (χ4n) is 3.34. The molecule has 0 unspecified atom stereocenters. The molecule has 0 spiro atoms. The normalized spacial score (nSPS) is 14.5. The molecule has 1 aromatic heterocycles. The molecule has 2 aromatic carbocycles. The summed E-state index contributed by atoms with van der Waals surface area (Å²) in [5, 5.41) is 0.527. The van der Waals surface area contributed by atoms with E-state index in [1.54, 1.807) is 11.0 Å². The number of halogens is 2. The number of ether oxygens (including phenoxy) is 1. The van der Waals surface area contributed by atoms with Gasteiger partial charge in [0.05, 0.1) is 23.5 Å². The van der Waals surface area contributed by atoms with Crippen LogP contribution in [0.25, 0.3) is 10.2 Å². The summed E-state index contributed by atoms with van der Waals surface area (Å²) in [5.41, 5.74) is 0.955. The van der Waals surface area contributed by atoms with Crippen molar-refractivity contribution in [1.82, 2.24) is 9.88 Å². The van der Waals surface area contributed by atoms with Crippen molar-refractivity contribution in [2.24, 2.45) is 0 Å². The minimum atomic E-state index is -0.366. The van der Waals surface area contributed by atoms with Gasteiger partial charge in [0.25, 0.3) is 5.91 Å². The Morgan fingerprint density at radius 1 is 1.23 bits per heavy atom. The predicted octanol–water partition coefficient (Wildman–Crippen LogP) is 4.56. The van der Waals surface area contributed by atoms with Crippen LogP contribution in [-0.2, 0) is 4.74 Å². The molecule has 4 rings (SSSR count). The van der Waals surface area contributed by atoms with Gasteiger partial charge in [0, 0.05) is 31.1 Å². The number of thioether (sulfide) groups is 1. The third kappa shape index (κ3) is 4.95. The van der Waals surface area contributed by atoms with E-state index in [4.69, 9.17) is 4.74 Å². The largest absolute Gasteiger partial charge is 0.379 e. The molecule has 1 amide bonds. The lowest BCUT2D eigenvalue weighted by atomic mass is 10.2. The molecule has 0 bridgehead atoms. The number of thiazole rings is 1. The molecule has 0 N–H and O–H groups in total. The Labute approximate surface area is 189 Å². The number of carbonyl (C=O) groups is 1. The molecule has 3 aromatic rings. The van der Waals surface area contributed by atoms with Crippen molar-refractivity contribution in [3.05, 3.63) is 53.8 Å². The number of anilines is 1. The first kappa shape index (κ1) is 23.0. The smallest absolute Gasteiger partial charge is 0.261 e. The average Bonchev–Trinajstić information content (AvgIpc) is 3.20. The molecule has 1 aliphatic rings. The molecule has 30 heavy (non-hydrogen) atoms. The molecule has 1 aliphatic heterocycles. The Bertz CT molecular complexity index is 1010. The van der Waals surface area contributed by atoms with E-state index in [2.05, 4.69) is 9.88 Å². The van der Waals surface area contributed by atoms with Crippen LogP contribution in [0.1, 0.15) is 10.4 Å². The summed E-state index contributed by atoms with van der Waals surface area (Å²) in [5.74, 6) is -0.474. The zero-order chi connectivity index (χ0) is 20.2. The lowest BCUT2D eigenvalue weighted by Gasteiger charge is -2.29. The van der Waals surface area contributed by atoms with Crippen LogP contribution in [0.15, 0.2) is 47.4 Å². The van der Waals surface area contributed by atoms with E-state index < -0.39 is 0 Å². The number of hydrogen-bond acceptors (Lipinski definition) is 6. The zero-order valence-electron chi connectivity index (χ0n) is 16.5. The van der Waals surface area contributed by atoms with E-state index in [1.807, 2.05) is 36.6 Å². The quantitative estimate of drug-likeness (QED) is 0.497. The second kappa shape index (κ2) is 10.5. The van der Waals surface area contributed by atoms with Crippen LogP contribution in [0.2, 0.25) is 0 Å². The van der Waals surface area contributed by atoms with E-state index in [9.17, 15) is 9.18 Å². The molecule has 0 atom stereocenters. The van der Waals surface area contributed by atoms with Crippen LogP contribution in [0.4, 0.5) is 9.52 Å². The highest BCUT2D eigenvalue weighted by Gasteiger charge is 2.25. The minimum Gasteiger partial charge on any atom is -0.379 e. The van der Waals surface area contributed by atoms with Crippen LogP contribution in [-0.4, -0.2) is 61.4 Å². The fourth-order valence-corrected chi connectivity index (χ4v) is 4.93. The maximum absolute atomic E-state index is 14.2. The summed E-state index contributed by atoms with van der Waals surface area (Å²) in [6.07, 6.45) is 1.96. The van der Waals surface area contributed by atoms with Gasteiger partial charge < -0.3 is 4.74 Å². The fraction of sp³-hybridized carbons (Fsp3) is 0.333. The number of rotatable bonds is 6. The first-order valence-electron chi connectivity index (χ1n) is 9.47. The van der Waals surface area contributed by atoms with E-state index in [0.717, 1.165) is 29.2 Å². The third-order valence-electron chi connectivity index (χ3n) is 4.92. The van der Waals surface area contributed by atoms with E-state index in [0.29, 0.717) is 36.0 Å².